The van der Waals surface area contributed by atoms with Crippen LogP contribution in [0.25, 0.3) is 6.08 Å². The van der Waals surface area contributed by atoms with E-state index in [0.29, 0.717) is 10.1 Å². The van der Waals surface area contributed by atoms with Crippen molar-refractivity contribution in [2.45, 2.75) is 13.3 Å². The van der Waals surface area contributed by atoms with Gasteiger partial charge in [-0.2, -0.15) is 0 Å². The number of thioether (sulfide) groups is 1. The quantitative estimate of drug-likeness (QED) is 0.852. The second-order valence-corrected chi connectivity index (χ2v) is 6.31. The molecule has 0 aliphatic carbocycles. The largest absolute Gasteiger partial charge is 0.497 e. The summed E-state index contributed by atoms with van der Waals surface area (Å²) < 4.78 is 5.20. The minimum atomic E-state index is -0.133. The number of ether oxygens (including phenoxy) is 1. The van der Waals surface area contributed by atoms with Crippen LogP contribution in [0.3, 0.4) is 0 Å². The third-order valence-corrected chi connectivity index (χ3v) is 4.53. The van der Waals surface area contributed by atoms with Gasteiger partial charge in [0.25, 0.3) is 5.91 Å². The summed E-state index contributed by atoms with van der Waals surface area (Å²) >= 11 is 1.34. The van der Waals surface area contributed by atoms with E-state index in [0.717, 1.165) is 23.4 Å². The molecule has 1 N–H and O–H groups in total. The van der Waals surface area contributed by atoms with Gasteiger partial charge in [-0.15, -0.1) is 0 Å². The summed E-state index contributed by atoms with van der Waals surface area (Å²) in [5, 5.41) is 3.40. The highest BCUT2D eigenvalue weighted by Gasteiger charge is 2.23. The van der Waals surface area contributed by atoms with Crippen LogP contribution in [-0.2, 0) is 11.2 Å². The maximum atomic E-state index is 12.1. The summed E-state index contributed by atoms with van der Waals surface area (Å²) in [4.78, 5) is 17.2. The Morgan fingerprint density at radius 1 is 1.21 bits per heavy atom. The van der Waals surface area contributed by atoms with E-state index in [9.17, 15) is 4.79 Å². The van der Waals surface area contributed by atoms with Crippen molar-refractivity contribution in [2.24, 2.45) is 4.99 Å². The summed E-state index contributed by atoms with van der Waals surface area (Å²) in [6.45, 7) is 2.11. The molecule has 1 aliphatic heterocycles. The van der Waals surface area contributed by atoms with E-state index in [1.165, 1.54) is 17.3 Å². The lowest BCUT2D eigenvalue weighted by molar-refractivity contribution is -0.115. The first-order chi connectivity index (χ1) is 11.7. The Morgan fingerprint density at radius 3 is 2.71 bits per heavy atom. The number of hydrogen-bond donors (Lipinski definition) is 1. The molecule has 0 bridgehead atoms. The zero-order chi connectivity index (χ0) is 16.9. The summed E-state index contributed by atoms with van der Waals surface area (Å²) in [7, 11) is 1.62. The number of hydrogen-bond acceptors (Lipinski definition) is 4. The Balaban J connectivity index is 1.79. The fourth-order valence-electron chi connectivity index (χ4n) is 2.29. The second kappa shape index (κ2) is 7.36. The molecule has 1 heterocycles. The van der Waals surface area contributed by atoms with Gasteiger partial charge in [0.1, 0.15) is 5.75 Å². The SMILES string of the molecule is CCc1ccc(N=C2NC(=O)/C(=C/c3cccc(OC)c3)S2)cc1. The molecule has 1 amide bonds. The van der Waals surface area contributed by atoms with Gasteiger partial charge in [-0.3, -0.25) is 4.79 Å². The number of aryl methyl sites for hydroxylation is 1. The number of methoxy groups -OCH3 is 1. The number of rotatable bonds is 4. The number of aliphatic imine (C=N–C) groups is 1. The van der Waals surface area contributed by atoms with Crippen molar-refractivity contribution in [2.75, 3.05) is 7.11 Å². The van der Waals surface area contributed by atoms with E-state index in [1.807, 2.05) is 54.6 Å². The van der Waals surface area contributed by atoms with Crippen LogP contribution in [0.1, 0.15) is 18.1 Å². The number of carbonyl (C=O) groups is 1. The van der Waals surface area contributed by atoms with Crippen molar-refractivity contribution in [3.05, 3.63) is 64.6 Å². The minimum absolute atomic E-state index is 0.133. The fraction of sp³-hybridized carbons (Fsp3) is 0.158. The lowest BCUT2D eigenvalue weighted by Crippen LogP contribution is -2.19. The van der Waals surface area contributed by atoms with Crippen LogP contribution in [0.5, 0.6) is 5.75 Å². The first kappa shape index (κ1) is 16.3. The third kappa shape index (κ3) is 3.86. The molecule has 1 aliphatic rings. The zero-order valence-electron chi connectivity index (χ0n) is 13.6. The fourth-order valence-corrected chi connectivity index (χ4v) is 3.13. The van der Waals surface area contributed by atoms with Gasteiger partial charge >= 0.3 is 0 Å². The topological polar surface area (TPSA) is 50.7 Å². The maximum absolute atomic E-state index is 12.1. The predicted molar refractivity (Wildman–Crippen MR) is 99.6 cm³/mol. The van der Waals surface area contributed by atoms with Gasteiger partial charge in [-0.1, -0.05) is 31.2 Å². The van der Waals surface area contributed by atoms with Gasteiger partial charge in [0.05, 0.1) is 17.7 Å². The van der Waals surface area contributed by atoms with E-state index in [2.05, 4.69) is 17.2 Å². The second-order valence-electron chi connectivity index (χ2n) is 5.28. The first-order valence-corrected chi connectivity index (χ1v) is 8.52. The van der Waals surface area contributed by atoms with Gasteiger partial charge < -0.3 is 10.1 Å². The molecule has 0 unspecified atom stereocenters. The highest BCUT2D eigenvalue weighted by atomic mass is 32.2. The maximum Gasteiger partial charge on any atom is 0.264 e. The molecule has 0 spiro atoms. The van der Waals surface area contributed by atoms with Gasteiger partial charge in [0.2, 0.25) is 0 Å². The zero-order valence-corrected chi connectivity index (χ0v) is 14.4. The third-order valence-electron chi connectivity index (χ3n) is 3.62. The molecule has 0 aromatic heterocycles. The van der Waals surface area contributed by atoms with E-state index in [1.54, 1.807) is 7.11 Å². The Bertz CT molecular complexity index is 810. The summed E-state index contributed by atoms with van der Waals surface area (Å²) in [6, 6.07) is 15.6. The van der Waals surface area contributed by atoms with Crippen LogP contribution in [-0.4, -0.2) is 18.2 Å². The molecule has 24 heavy (non-hydrogen) atoms. The standard InChI is InChI=1S/C19H18N2O2S/c1-3-13-7-9-15(10-8-13)20-19-21-18(22)17(24-19)12-14-5-4-6-16(11-14)23-2/h4-12H,3H2,1-2H3,(H,20,21,22)/b17-12-. The van der Waals surface area contributed by atoms with Crippen LogP contribution < -0.4 is 10.1 Å². The van der Waals surface area contributed by atoms with Crippen LogP contribution in [0.2, 0.25) is 0 Å². The molecule has 4 nitrogen and oxygen atoms in total. The Hall–Kier alpha value is -2.53. The van der Waals surface area contributed by atoms with Crippen molar-refractivity contribution in [1.29, 1.82) is 0 Å². The molecule has 122 valence electrons. The molecule has 1 fully saturated rings. The average molecular weight is 338 g/mol. The van der Waals surface area contributed by atoms with Gasteiger partial charge in [-0.05, 0) is 59.7 Å². The van der Waals surface area contributed by atoms with Crippen molar-refractivity contribution in [1.82, 2.24) is 5.32 Å². The number of amidine groups is 1. The molecular weight excluding hydrogens is 320 g/mol. The normalized spacial score (nSPS) is 17.3. The van der Waals surface area contributed by atoms with Crippen LogP contribution in [0, 0.1) is 0 Å². The molecular formula is C19H18N2O2S. The average Bonchev–Trinajstić information content (AvgIpc) is 2.95. The van der Waals surface area contributed by atoms with Crippen LogP contribution in [0.4, 0.5) is 5.69 Å². The number of benzene rings is 2. The van der Waals surface area contributed by atoms with Crippen LogP contribution >= 0.6 is 11.8 Å². The summed E-state index contributed by atoms with van der Waals surface area (Å²) in [6.07, 6.45) is 2.83. The molecule has 2 aromatic carbocycles. The minimum Gasteiger partial charge on any atom is -0.497 e. The number of amides is 1. The molecule has 5 heteroatoms. The Labute approximate surface area is 145 Å². The van der Waals surface area contributed by atoms with E-state index < -0.39 is 0 Å². The molecule has 2 aromatic rings. The van der Waals surface area contributed by atoms with Crippen LogP contribution in [0.15, 0.2) is 58.4 Å². The number of nitrogens with one attached hydrogen (secondary N) is 1. The first-order valence-electron chi connectivity index (χ1n) is 7.70. The Kier molecular flexibility index (Phi) is 5.01. The lowest BCUT2D eigenvalue weighted by Gasteiger charge is -2.00. The number of carbonyl (C=O) groups excluding carboxylic acids is 1. The van der Waals surface area contributed by atoms with Crippen molar-refractivity contribution >= 4 is 34.6 Å². The van der Waals surface area contributed by atoms with Crippen molar-refractivity contribution in [3.8, 4) is 5.75 Å². The molecule has 0 saturated carbocycles. The van der Waals surface area contributed by atoms with Gasteiger partial charge in [0.15, 0.2) is 5.17 Å². The van der Waals surface area contributed by atoms with E-state index >= 15 is 0 Å². The van der Waals surface area contributed by atoms with Crippen molar-refractivity contribution in [3.63, 3.8) is 0 Å². The lowest BCUT2D eigenvalue weighted by atomic mass is 10.2. The highest BCUT2D eigenvalue weighted by molar-refractivity contribution is 8.18. The van der Waals surface area contributed by atoms with Crippen molar-refractivity contribution < 1.29 is 9.53 Å². The highest BCUT2D eigenvalue weighted by Crippen LogP contribution is 2.28. The van der Waals surface area contributed by atoms with Gasteiger partial charge in [-0.25, -0.2) is 4.99 Å². The summed E-state index contributed by atoms with van der Waals surface area (Å²) in [5.41, 5.74) is 3.01. The summed E-state index contributed by atoms with van der Waals surface area (Å²) in [5.74, 6) is 0.629. The van der Waals surface area contributed by atoms with E-state index in [-0.39, 0.29) is 5.91 Å². The molecule has 0 radical (unpaired) electrons. The Morgan fingerprint density at radius 2 is 2.00 bits per heavy atom. The number of nitrogens with zero attached hydrogens (tertiary/aromatic N) is 1. The van der Waals surface area contributed by atoms with E-state index in [4.69, 9.17) is 4.74 Å². The predicted octanol–water partition coefficient (Wildman–Crippen LogP) is 4.15. The monoisotopic (exact) mass is 338 g/mol. The molecule has 0 atom stereocenters. The molecule has 3 rings (SSSR count). The molecule has 1 saturated heterocycles. The smallest absolute Gasteiger partial charge is 0.264 e. The van der Waals surface area contributed by atoms with Gasteiger partial charge in [0, 0.05) is 0 Å².